The summed E-state index contributed by atoms with van der Waals surface area (Å²) >= 11 is 0. The number of amidine groups is 1. The van der Waals surface area contributed by atoms with E-state index in [4.69, 9.17) is 9.47 Å². The summed E-state index contributed by atoms with van der Waals surface area (Å²) in [5, 5.41) is 5.66. The van der Waals surface area contributed by atoms with E-state index in [9.17, 15) is 4.79 Å². The zero-order valence-electron chi connectivity index (χ0n) is 13.8. The van der Waals surface area contributed by atoms with Gasteiger partial charge in [-0.3, -0.25) is 9.79 Å². The molecule has 1 aromatic carbocycles. The first-order chi connectivity index (χ1) is 11.6. The van der Waals surface area contributed by atoms with Crippen LogP contribution in [0.4, 0.5) is 0 Å². The Morgan fingerprint density at radius 1 is 1.17 bits per heavy atom. The van der Waals surface area contributed by atoms with Gasteiger partial charge in [0.25, 0.3) is 5.91 Å². The summed E-state index contributed by atoms with van der Waals surface area (Å²) in [6.07, 6.45) is 9.18. The van der Waals surface area contributed by atoms with E-state index < -0.39 is 0 Å². The van der Waals surface area contributed by atoms with E-state index in [0.717, 1.165) is 5.56 Å². The summed E-state index contributed by atoms with van der Waals surface area (Å²) in [5.41, 5.74) is 0.800. The van der Waals surface area contributed by atoms with Crippen molar-refractivity contribution in [2.75, 3.05) is 14.2 Å². The number of nitrogens with zero attached hydrogens (tertiary/aromatic N) is 3. The molecule has 1 aliphatic heterocycles. The number of aliphatic imine (C=N–C) groups is 1. The molecule has 1 amide bonds. The number of benzene rings is 1. The maximum atomic E-state index is 12.6. The van der Waals surface area contributed by atoms with E-state index in [0.29, 0.717) is 17.3 Å². The average Bonchev–Trinajstić information content (AvgIpc) is 2.61. The molecule has 0 fully saturated rings. The molecule has 24 heavy (non-hydrogen) atoms. The van der Waals surface area contributed by atoms with Crippen molar-refractivity contribution in [2.24, 2.45) is 16.0 Å². The second kappa shape index (κ2) is 6.70. The van der Waals surface area contributed by atoms with Crippen molar-refractivity contribution in [1.29, 1.82) is 0 Å². The highest BCUT2D eigenvalue weighted by atomic mass is 16.5. The maximum Gasteiger partial charge on any atom is 0.257 e. The fourth-order valence-electron chi connectivity index (χ4n) is 2.72. The van der Waals surface area contributed by atoms with Crippen molar-refractivity contribution in [3.8, 4) is 11.5 Å². The van der Waals surface area contributed by atoms with Crippen molar-refractivity contribution < 1.29 is 14.3 Å². The Hall–Kier alpha value is -2.89. The number of hydrazone groups is 1. The third kappa shape index (κ3) is 2.95. The molecule has 0 saturated carbocycles. The summed E-state index contributed by atoms with van der Waals surface area (Å²) < 4.78 is 10.5. The predicted molar refractivity (Wildman–Crippen MR) is 92.7 cm³/mol. The monoisotopic (exact) mass is 325 g/mol. The van der Waals surface area contributed by atoms with Crippen LogP contribution in [0.5, 0.6) is 11.5 Å². The van der Waals surface area contributed by atoms with Crippen LogP contribution in [-0.4, -0.2) is 43.2 Å². The molecule has 3 rings (SSSR count). The Balaban J connectivity index is 1.85. The number of amides is 1. The maximum absolute atomic E-state index is 12.6. The Morgan fingerprint density at radius 3 is 2.67 bits per heavy atom. The molecule has 2 aliphatic rings. The van der Waals surface area contributed by atoms with E-state index in [-0.39, 0.29) is 17.9 Å². The first-order valence-corrected chi connectivity index (χ1v) is 7.63. The summed E-state index contributed by atoms with van der Waals surface area (Å²) in [6, 6.07) is 5.31. The average molecular weight is 325 g/mol. The molecule has 124 valence electrons. The zero-order valence-corrected chi connectivity index (χ0v) is 13.8. The Morgan fingerprint density at radius 2 is 1.92 bits per heavy atom. The quantitative estimate of drug-likeness (QED) is 0.799. The summed E-state index contributed by atoms with van der Waals surface area (Å²) in [6.45, 7) is 1.78. The van der Waals surface area contributed by atoms with E-state index in [1.165, 1.54) is 5.01 Å². The molecule has 0 aromatic heterocycles. The van der Waals surface area contributed by atoms with Gasteiger partial charge >= 0.3 is 0 Å². The highest BCUT2D eigenvalue weighted by Gasteiger charge is 2.35. The molecule has 0 unspecified atom stereocenters. The minimum absolute atomic E-state index is 0.0789. The van der Waals surface area contributed by atoms with Gasteiger partial charge in [-0.15, -0.1) is 0 Å². The third-order valence-corrected chi connectivity index (χ3v) is 3.97. The van der Waals surface area contributed by atoms with Crippen molar-refractivity contribution in [3.05, 3.63) is 48.1 Å². The van der Waals surface area contributed by atoms with Gasteiger partial charge in [0.1, 0.15) is 5.84 Å². The number of methoxy groups -OCH3 is 2. The van der Waals surface area contributed by atoms with Gasteiger partial charge in [-0.1, -0.05) is 24.3 Å². The zero-order chi connectivity index (χ0) is 17.1. The standard InChI is InChI=1S/C18H19N3O3/c1-12-20-15-7-5-4-6-14(15)18(22)21(12)19-11-13-8-9-16(23-2)17(10-13)24-3/h4-11,14-15H,1-3H3/t14-,15-/m0/s1. The highest BCUT2D eigenvalue weighted by Crippen LogP contribution is 2.27. The van der Waals surface area contributed by atoms with Gasteiger partial charge < -0.3 is 9.47 Å². The first-order valence-electron chi connectivity index (χ1n) is 7.63. The number of ether oxygens (including phenoxy) is 2. The normalized spacial score (nSPS) is 22.5. The molecule has 0 spiro atoms. The number of fused-ring (bicyclic) bond motifs is 1. The number of carbonyl (C=O) groups excluding carboxylic acids is 1. The lowest BCUT2D eigenvalue weighted by Crippen LogP contribution is -2.44. The third-order valence-electron chi connectivity index (χ3n) is 3.97. The van der Waals surface area contributed by atoms with Crippen LogP contribution >= 0.6 is 0 Å². The van der Waals surface area contributed by atoms with Gasteiger partial charge in [0, 0.05) is 0 Å². The van der Waals surface area contributed by atoms with E-state index in [1.807, 2.05) is 30.4 Å². The molecule has 6 nitrogen and oxygen atoms in total. The van der Waals surface area contributed by atoms with Crippen molar-refractivity contribution in [2.45, 2.75) is 13.0 Å². The van der Waals surface area contributed by atoms with Crippen molar-refractivity contribution >= 4 is 18.0 Å². The van der Waals surface area contributed by atoms with Crippen LogP contribution in [0.15, 0.2) is 52.6 Å². The number of hydrogen-bond acceptors (Lipinski definition) is 5. The summed E-state index contributed by atoms with van der Waals surface area (Å²) in [5.74, 6) is 1.46. The van der Waals surface area contributed by atoms with Crippen LogP contribution in [0.3, 0.4) is 0 Å². The van der Waals surface area contributed by atoms with Crippen LogP contribution in [0, 0.1) is 5.92 Å². The Kier molecular flexibility index (Phi) is 4.46. The molecule has 0 saturated heterocycles. The topological polar surface area (TPSA) is 63.5 Å². The largest absolute Gasteiger partial charge is 0.493 e. The van der Waals surface area contributed by atoms with Gasteiger partial charge in [-0.2, -0.15) is 10.1 Å². The molecule has 0 radical (unpaired) electrons. The summed E-state index contributed by atoms with van der Waals surface area (Å²) in [7, 11) is 3.16. The predicted octanol–water partition coefficient (Wildman–Crippen LogP) is 2.41. The Labute approximate surface area is 140 Å². The van der Waals surface area contributed by atoms with Crippen molar-refractivity contribution in [1.82, 2.24) is 5.01 Å². The molecular formula is C18H19N3O3. The summed E-state index contributed by atoms with van der Waals surface area (Å²) in [4.78, 5) is 17.2. The van der Waals surface area contributed by atoms with Crippen LogP contribution in [0.2, 0.25) is 0 Å². The molecule has 6 heteroatoms. The van der Waals surface area contributed by atoms with Crippen LogP contribution < -0.4 is 9.47 Å². The highest BCUT2D eigenvalue weighted by molar-refractivity contribution is 6.02. The van der Waals surface area contributed by atoms with E-state index in [1.54, 1.807) is 39.5 Å². The SMILES string of the molecule is COc1ccc(C=NN2C(=O)[C@H]3C=CC=C[C@@H]3N=C2C)cc1OC. The van der Waals surface area contributed by atoms with Gasteiger partial charge in [0.15, 0.2) is 11.5 Å². The molecule has 1 heterocycles. The first kappa shape index (κ1) is 16.0. The number of carbonyl (C=O) groups is 1. The van der Waals surface area contributed by atoms with Crippen LogP contribution in [0.25, 0.3) is 0 Å². The minimum atomic E-state index is -0.291. The smallest absolute Gasteiger partial charge is 0.257 e. The molecule has 0 bridgehead atoms. The van der Waals surface area contributed by atoms with Crippen LogP contribution in [-0.2, 0) is 4.79 Å². The molecular weight excluding hydrogens is 306 g/mol. The van der Waals surface area contributed by atoms with Gasteiger partial charge in [0.2, 0.25) is 0 Å². The fourth-order valence-corrected chi connectivity index (χ4v) is 2.72. The second-order valence-electron chi connectivity index (χ2n) is 5.47. The van der Waals surface area contributed by atoms with Gasteiger partial charge in [0.05, 0.1) is 32.4 Å². The van der Waals surface area contributed by atoms with Crippen LogP contribution in [0.1, 0.15) is 12.5 Å². The fraction of sp³-hybridized carbons (Fsp3) is 0.278. The van der Waals surface area contributed by atoms with Gasteiger partial charge in [-0.05, 0) is 30.7 Å². The lowest BCUT2D eigenvalue weighted by atomic mass is 9.93. The molecule has 2 atom stereocenters. The molecule has 1 aliphatic carbocycles. The lowest BCUT2D eigenvalue weighted by Gasteiger charge is -2.30. The van der Waals surface area contributed by atoms with E-state index in [2.05, 4.69) is 10.1 Å². The molecule has 0 N–H and O–H groups in total. The second-order valence-corrected chi connectivity index (χ2v) is 5.47. The van der Waals surface area contributed by atoms with Crippen molar-refractivity contribution in [3.63, 3.8) is 0 Å². The number of allylic oxidation sites excluding steroid dienone is 2. The number of hydrogen-bond donors (Lipinski definition) is 0. The number of rotatable bonds is 4. The minimum Gasteiger partial charge on any atom is -0.493 e. The Bertz CT molecular complexity index is 765. The molecule has 1 aromatic rings. The van der Waals surface area contributed by atoms with E-state index >= 15 is 0 Å². The lowest BCUT2D eigenvalue weighted by molar-refractivity contribution is -0.131. The van der Waals surface area contributed by atoms with Gasteiger partial charge in [-0.25, -0.2) is 0 Å².